The summed E-state index contributed by atoms with van der Waals surface area (Å²) in [6, 6.07) is 12.8. The molecule has 1 fully saturated rings. The third-order valence-corrected chi connectivity index (χ3v) is 6.56. The predicted octanol–water partition coefficient (Wildman–Crippen LogP) is 5.43. The van der Waals surface area contributed by atoms with Crippen LogP contribution in [0.2, 0.25) is 10.0 Å². The number of nitrogens with one attached hydrogen (secondary N) is 1. The Morgan fingerprint density at radius 1 is 1.31 bits per heavy atom. The number of imidazole rings is 1. The molecule has 1 amide bonds. The Kier molecular flexibility index (Phi) is 7.27. The number of benzene rings is 2. The molecule has 2 heterocycles. The molecule has 1 N–H and O–H groups in total. The average molecular weight is 494 g/mol. The average Bonchev–Trinajstić information content (AvgIpc) is 3.44. The molecule has 2 aromatic carbocycles. The molecule has 0 bridgehead atoms. The van der Waals surface area contributed by atoms with Crippen LogP contribution in [0.15, 0.2) is 66.1 Å². The highest BCUT2D eigenvalue weighted by molar-refractivity contribution is 7.99. The summed E-state index contributed by atoms with van der Waals surface area (Å²) in [5, 5.41) is 3.66. The van der Waals surface area contributed by atoms with Crippen molar-refractivity contribution in [1.29, 1.82) is 0 Å². The number of ether oxygens (including phenoxy) is 3. The number of hydrogen-bond acceptors (Lipinski definition) is 6. The fraction of sp³-hybridized carbons (Fsp3) is 0.273. The van der Waals surface area contributed by atoms with E-state index >= 15 is 0 Å². The first-order valence-electron chi connectivity index (χ1n) is 9.78. The number of methoxy groups -OCH3 is 1. The van der Waals surface area contributed by atoms with E-state index in [1.807, 2.05) is 41.1 Å². The van der Waals surface area contributed by atoms with Gasteiger partial charge in [-0.3, -0.25) is 5.32 Å². The molecule has 168 valence electrons. The monoisotopic (exact) mass is 493 g/mol. The number of carbonyl (C=O) groups is 1. The van der Waals surface area contributed by atoms with Crippen molar-refractivity contribution in [2.75, 3.05) is 24.8 Å². The molecular formula is C22H21Cl2N3O4S. The number of aromatic nitrogens is 2. The maximum absolute atomic E-state index is 11.3. The minimum atomic E-state index is -1.04. The smallest absolute Gasteiger partial charge is 0.411 e. The topological polar surface area (TPSA) is 74.6 Å². The van der Waals surface area contributed by atoms with Gasteiger partial charge in [0.15, 0.2) is 0 Å². The van der Waals surface area contributed by atoms with E-state index in [1.165, 1.54) is 7.11 Å². The first-order valence-corrected chi connectivity index (χ1v) is 11.5. The Hall–Kier alpha value is -2.23. The highest BCUT2D eigenvalue weighted by Crippen LogP contribution is 2.41. The molecule has 4 rings (SSSR count). The molecule has 1 aliphatic rings. The number of anilines is 1. The van der Waals surface area contributed by atoms with Crippen molar-refractivity contribution >= 4 is 46.7 Å². The van der Waals surface area contributed by atoms with Gasteiger partial charge in [0.2, 0.25) is 5.79 Å². The molecule has 3 aromatic rings. The number of halogens is 2. The molecule has 0 radical (unpaired) electrons. The van der Waals surface area contributed by atoms with Crippen LogP contribution < -0.4 is 5.32 Å². The van der Waals surface area contributed by atoms with Crippen LogP contribution in [0.5, 0.6) is 0 Å². The van der Waals surface area contributed by atoms with Gasteiger partial charge in [-0.15, -0.1) is 11.8 Å². The molecule has 10 heteroatoms. The Labute approximate surface area is 200 Å². The number of nitrogens with zero attached hydrogens (tertiary/aromatic N) is 2. The lowest BCUT2D eigenvalue weighted by Gasteiger charge is -2.30. The number of amides is 1. The second-order valence-electron chi connectivity index (χ2n) is 7.11. The molecule has 2 unspecified atom stereocenters. The summed E-state index contributed by atoms with van der Waals surface area (Å²) in [6.45, 7) is 0.825. The molecule has 0 saturated carbocycles. The normalized spacial score (nSPS) is 20.3. The van der Waals surface area contributed by atoms with Gasteiger partial charge in [-0.05, 0) is 36.4 Å². The van der Waals surface area contributed by atoms with E-state index in [9.17, 15) is 4.79 Å². The minimum absolute atomic E-state index is 0.150. The molecule has 1 aromatic heterocycles. The van der Waals surface area contributed by atoms with Gasteiger partial charge in [0.05, 0.1) is 37.7 Å². The zero-order valence-corrected chi connectivity index (χ0v) is 19.5. The molecule has 2 atom stereocenters. The summed E-state index contributed by atoms with van der Waals surface area (Å²) >= 11 is 14.2. The first-order chi connectivity index (χ1) is 15.5. The standard InChI is InChI=1S/C22H21Cl2N3O4S/c1-29-21(28)26-16-3-5-18(6-4-16)32-12-17-11-30-22(31-17,13-27-9-8-25-14-27)19-7-2-15(23)10-20(19)24/h2-10,14,17H,11-13H2,1H3,(H,26,28). The van der Waals surface area contributed by atoms with Gasteiger partial charge in [-0.2, -0.15) is 0 Å². The van der Waals surface area contributed by atoms with E-state index in [2.05, 4.69) is 15.0 Å². The molecule has 7 nitrogen and oxygen atoms in total. The number of carbonyl (C=O) groups excluding carboxylic acids is 1. The third-order valence-electron chi connectivity index (χ3n) is 4.87. The third kappa shape index (κ3) is 5.39. The number of rotatable bonds is 7. The highest BCUT2D eigenvalue weighted by atomic mass is 35.5. The SMILES string of the molecule is COC(=O)Nc1ccc(SCC2COC(Cn3ccnc3)(c3ccc(Cl)cc3Cl)O2)cc1. The summed E-state index contributed by atoms with van der Waals surface area (Å²) < 4.78 is 19.2. The van der Waals surface area contributed by atoms with Gasteiger partial charge in [0, 0.05) is 39.3 Å². The Bertz CT molecular complexity index is 1070. The summed E-state index contributed by atoms with van der Waals surface area (Å²) in [6.07, 6.45) is 4.62. The highest BCUT2D eigenvalue weighted by Gasteiger charge is 2.45. The maximum Gasteiger partial charge on any atom is 0.411 e. The van der Waals surface area contributed by atoms with E-state index in [4.69, 9.17) is 32.7 Å². The molecular weight excluding hydrogens is 473 g/mol. The maximum atomic E-state index is 11.3. The van der Waals surface area contributed by atoms with Gasteiger partial charge in [-0.1, -0.05) is 29.3 Å². The zero-order valence-electron chi connectivity index (χ0n) is 17.2. The van der Waals surface area contributed by atoms with Crippen molar-refractivity contribution in [3.05, 3.63) is 76.8 Å². The van der Waals surface area contributed by atoms with Gasteiger partial charge < -0.3 is 18.8 Å². The quantitative estimate of drug-likeness (QED) is 0.442. The lowest BCUT2D eigenvalue weighted by molar-refractivity contribution is -0.184. The van der Waals surface area contributed by atoms with Crippen LogP contribution in [0.25, 0.3) is 0 Å². The largest absolute Gasteiger partial charge is 0.453 e. The van der Waals surface area contributed by atoms with Gasteiger partial charge in [0.25, 0.3) is 0 Å². The van der Waals surface area contributed by atoms with E-state index in [0.29, 0.717) is 34.6 Å². The Morgan fingerprint density at radius 3 is 2.81 bits per heavy atom. The zero-order chi connectivity index (χ0) is 22.6. The van der Waals surface area contributed by atoms with Gasteiger partial charge in [-0.25, -0.2) is 9.78 Å². The van der Waals surface area contributed by atoms with Crippen LogP contribution in [-0.2, 0) is 26.5 Å². The summed E-state index contributed by atoms with van der Waals surface area (Å²) in [7, 11) is 1.33. The van der Waals surface area contributed by atoms with Crippen LogP contribution in [0.3, 0.4) is 0 Å². The summed E-state index contributed by atoms with van der Waals surface area (Å²) in [4.78, 5) is 16.5. The second-order valence-corrected chi connectivity index (χ2v) is 9.05. The second kappa shape index (κ2) is 10.1. The van der Waals surface area contributed by atoms with Crippen molar-refractivity contribution in [2.24, 2.45) is 0 Å². The van der Waals surface area contributed by atoms with Crippen LogP contribution in [0, 0.1) is 0 Å². The summed E-state index contributed by atoms with van der Waals surface area (Å²) in [5.74, 6) is -0.359. The molecule has 1 aliphatic heterocycles. The fourth-order valence-corrected chi connectivity index (χ4v) is 4.79. The van der Waals surface area contributed by atoms with Crippen LogP contribution in [0.4, 0.5) is 10.5 Å². The molecule has 0 spiro atoms. The lowest BCUT2D eigenvalue weighted by Crippen LogP contribution is -2.34. The number of thioether (sulfide) groups is 1. The van der Waals surface area contributed by atoms with E-state index < -0.39 is 11.9 Å². The number of hydrogen-bond donors (Lipinski definition) is 1. The van der Waals surface area contributed by atoms with E-state index in [0.717, 1.165) is 10.5 Å². The van der Waals surface area contributed by atoms with Crippen molar-refractivity contribution in [2.45, 2.75) is 23.3 Å². The van der Waals surface area contributed by atoms with Crippen LogP contribution in [0.1, 0.15) is 5.56 Å². The van der Waals surface area contributed by atoms with E-state index in [1.54, 1.807) is 36.4 Å². The van der Waals surface area contributed by atoms with Crippen molar-refractivity contribution in [3.63, 3.8) is 0 Å². The van der Waals surface area contributed by atoms with Crippen molar-refractivity contribution in [1.82, 2.24) is 9.55 Å². The minimum Gasteiger partial charge on any atom is -0.453 e. The van der Waals surface area contributed by atoms with Gasteiger partial charge >= 0.3 is 6.09 Å². The molecule has 0 aliphatic carbocycles. The van der Waals surface area contributed by atoms with Crippen LogP contribution in [-0.4, -0.2) is 41.2 Å². The van der Waals surface area contributed by atoms with Crippen molar-refractivity contribution in [3.8, 4) is 0 Å². The van der Waals surface area contributed by atoms with E-state index in [-0.39, 0.29) is 6.10 Å². The lowest BCUT2D eigenvalue weighted by atomic mass is 10.1. The Morgan fingerprint density at radius 2 is 2.12 bits per heavy atom. The predicted molar refractivity (Wildman–Crippen MR) is 124 cm³/mol. The van der Waals surface area contributed by atoms with Gasteiger partial charge in [0.1, 0.15) is 0 Å². The molecule has 32 heavy (non-hydrogen) atoms. The molecule has 1 saturated heterocycles. The van der Waals surface area contributed by atoms with Crippen molar-refractivity contribution < 1.29 is 19.0 Å². The fourth-order valence-electron chi connectivity index (χ4n) is 3.37. The first kappa shape index (κ1) is 22.9. The Balaban J connectivity index is 1.45. The van der Waals surface area contributed by atoms with Crippen LogP contribution >= 0.6 is 35.0 Å². The summed E-state index contributed by atoms with van der Waals surface area (Å²) in [5.41, 5.74) is 1.39.